The van der Waals surface area contributed by atoms with Crippen molar-refractivity contribution < 1.29 is 29.0 Å². The van der Waals surface area contributed by atoms with Gasteiger partial charge in [-0.15, -0.1) is 0 Å². The zero-order chi connectivity index (χ0) is 20.5. The first-order valence-corrected chi connectivity index (χ1v) is 9.27. The van der Waals surface area contributed by atoms with Gasteiger partial charge in [0.15, 0.2) is 0 Å². The van der Waals surface area contributed by atoms with E-state index in [9.17, 15) is 19.5 Å². The smallest absolute Gasteiger partial charge is 0.313 e. The van der Waals surface area contributed by atoms with Crippen molar-refractivity contribution in [1.29, 1.82) is 0 Å². The quantitative estimate of drug-likeness (QED) is 0.787. The van der Waals surface area contributed by atoms with Crippen molar-refractivity contribution in [1.82, 2.24) is 4.90 Å². The standard InChI is InChI=1S/C20H26N2O6/c1-13-4-5-16(28-3)15(8-13)22-10-14(9-17(22)23)18(24)21-7-6-20(11-21,12-27-2)19(25)26/h4-5,8,14H,6-7,9-12H2,1-3H3,(H,25,26). The highest BCUT2D eigenvalue weighted by molar-refractivity contribution is 6.01. The fraction of sp³-hybridized carbons (Fsp3) is 0.550. The number of nitrogens with zero attached hydrogens (tertiary/aromatic N) is 2. The lowest BCUT2D eigenvalue weighted by Crippen LogP contribution is -2.42. The van der Waals surface area contributed by atoms with E-state index in [-0.39, 0.29) is 37.9 Å². The number of anilines is 1. The first-order valence-electron chi connectivity index (χ1n) is 9.27. The molecule has 8 nitrogen and oxygen atoms in total. The lowest BCUT2D eigenvalue weighted by atomic mass is 9.88. The van der Waals surface area contributed by atoms with E-state index in [4.69, 9.17) is 9.47 Å². The summed E-state index contributed by atoms with van der Waals surface area (Å²) in [6.07, 6.45) is 0.453. The number of aryl methyl sites for hydroxylation is 1. The molecule has 2 unspecified atom stereocenters. The number of hydrogen-bond donors (Lipinski definition) is 1. The Morgan fingerprint density at radius 2 is 2.07 bits per heavy atom. The Hall–Kier alpha value is -2.61. The molecule has 2 saturated heterocycles. The highest BCUT2D eigenvalue weighted by Gasteiger charge is 2.48. The van der Waals surface area contributed by atoms with Crippen LogP contribution in [0.1, 0.15) is 18.4 Å². The molecule has 2 amide bonds. The second kappa shape index (κ2) is 7.79. The van der Waals surface area contributed by atoms with Crippen molar-refractivity contribution in [2.75, 3.05) is 45.4 Å². The number of hydrogen-bond acceptors (Lipinski definition) is 5. The van der Waals surface area contributed by atoms with Crippen molar-refractivity contribution in [3.8, 4) is 5.75 Å². The molecule has 2 atom stereocenters. The molecule has 0 aromatic heterocycles. The number of aliphatic carboxylic acids is 1. The van der Waals surface area contributed by atoms with Gasteiger partial charge in [-0.1, -0.05) is 6.07 Å². The Labute approximate surface area is 164 Å². The average molecular weight is 390 g/mol. The normalized spacial score (nSPS) is 24.7. The maximum absolute atomic E-state index is 13.0. The van der Waals surface area contributed by atoms with Gasteiger partial charge in [-0.2, -0.15) is 0 Å². The number of benzene rings is 1. The summed E-state index contributed by atoms with van der Waals surface area (Å²) < 4.78 is 10.4. The summed E-state index contributed by atoms with van der Waals surface area (Å²) in [5.74, 6) is -1.19. The largest absolute Gasteiger partial charge is 0.495 e. The van der Waals surface area contributed by atoms with E-state index >= 15 is 0 Å². The van der Waals surface area contributed by atoms with Gasteiger partial charge >= 0.3 is 5.97 Å². The number of carbonyl (C=O) groups is 3. The van der Waals surface area contributed by atoms with Crippen LogP contribution in [0.4, 0.5) is 5.69 Å². The molecule has 1 N–H and O–H groups in total. The molecule has 0 spiro atoms. The Morgan fingerprint density at radius 1 is 1.32 bits per heavy atom. The molecule has 2 aliphatic heterocycles. The summed E-state index contributed by atoms with van der Waals surface area (Å²) in [7, 11) is 3.00. The van der Waals surface area contributed by atoms with E-state index in [1.54, 1.807) is 23.0 Å². The van der Waals surface area contributed by atoms with Crippen LogP contribution >= 0.6 is 0 Å². The van der Waals surface area contributed by atoms with Gasteiger partial charge < -0.3 is 24.4 Å². The molecule has 28 heavy (non-hydrogen) atoms. The fourth-order valence-electron chi connectivity index (χ4n) is 4.07. The Bertz CT molecular complexity index is 795. The molecule has 8 heteroatoms. The number of amides is 2. The van der Waals surface area contributed by atoms with Crippen LogP contribution in [0.15, 0.2) is 18.2 Å². The summed E-state index contributed by atoms with van der Waals surface area (Å²) >= 11 is 0. The van der Waals surface area contributed by atoms with Crippen molar-refractivity contribution in [3.05, 3.63) is 23.8 Å². The molecule has 1 aromatic carbocycles. The molecule has 0 bridgehead atoms. The van der Waals surface area contributed by atoms with Gasteiger partial charge in [-0.3, -0.25) is 14.4 Å². The van der Waals surface area contributed by atoms with Crippen LogP contribution in [-0.2, 0) is 19.1 Å². The van der Waals surface area contributed by atoms with Crippen LogP contribution in [0.5, 0.6) is 5.75 Å². The number of carbonyl (C=O) groups excluding carboxylic acids is 2. The van der Waals surface area contributed by atoms with Crippen molar-refractivity contribution in [2.24, 2.45) is 11.3 Å². The summed E-state index contributed by atoms with van der Waals surface area (Å²) in [6.45, 7) is 2.71. The minimum absolute atomic E-state index is 0.0579. The molecular formula is C20H26N2O6. The lowest BCUT2D eigenvalue weighted by Gasteiger charge is -2.25. The second-order valence-corrected chi connectivity index (χ2v) is 7.61. The van der Waals surface area contributed by atoms with Gasteiger partial charge in [-0.25, -0.2) is 0 Å². The van der Waals surface area contributed by atoms with Gasteiger partial charge in [0.25, 0.3) is 0 Å². The van der Waals surface area contributed by atoms with E-state index < -0.39 is 17.3 Å². The second-order valence-electron chi connectivity index (χ2n) is 7.61. The molecule has 0 radical (unpaired) electrons. The number of rotatable bonds is 6. The molecule has 3 rings (SSSR count). The van der Waals surface area contributed by atoms with E-state index in [1.807, 2.05) is 19.1 Å². The molecule has 152 valence electrons. The van der Waals surface area contributed by atoms with E-state index in [1.165, 1.54) is 7.11 Å². The van der Waals surface area contributed by atoms with Gasteiger partial charge in [0.2, 0.25) is 11.8 Å². The number of likely N-dealkylation sites (tertiary alicyclic amines) is 1. The van der Waals surface area contributed by atoms with Crippen LogP contribution in [0.3, 0.4) is 0 Å². The molecule has 1 aromatic rings. The summed E-state index contributed by atoms with van der Waals surface area (Å²) in [5.41, 5.74) is 0.569. The number of carboxylic acid groups (broad SMARTS) is 1. The van der Waals surface area contributed by atoms with Crippen LogP contribution in [0, 0.1) is 18.3 Å². The average Bonchev–Trinajstić information content (AvgIpc) is 3.26. The minimum Gasteiger partial charge on any atom is -0.495 e. The van der Waals surface area contributed by atoms with E-state index in [0.717, 1.165) is 5.56 Å². The monoisotopic (exact) mass is 390 g/mol. The zero-order valence-electron chi connectivity index (χ0n) is 16.4. The minimum atomic E-state index is -1.08. The van der Waals surface area contributed by atoms with Crippen molar-refractivity contribution in [3.63, 3.8) is 0 Å². The maximum Gasteiger partial charge on any atom is 0.313 e. The summed E-state index contributed by atoms with van der Waals surface area (Å²) in [5, 5.41) is 9.58. The molecule has 2 aliphatic rings. The first-order chi connectivity index (χ1) is 13.3. The zero-order valence-corrected chi connectivity index (χ0v) is 16.4. The van der Waals surface area contributed by atoms with Crippen molar-refractivity contribution in [2.45, 2.75) is 19.8 Å². The van der Waals surface area contributed by atoms with Crippen molar-refractivity contribution >= 4 is 23.5 Å². The summed E-state index contributed by atoms with van der Waals surface area (Å²) in [4.78, 5) is 40.4. The Balaban J connectivity index is 1.75. The summed E-state index contributed by atoms with van der Waals surface area (Å²) in [6, 6.07) is 5.57. The Morgan fingerprint density at radius 3 is 2.71 bits per heavy atom. The predicted octanol–water partition coefficient (Wildman–Crippen LogP) is 1.31. The predicted molar refractivity (Wildman–Crippen MR) is 101 cm³/mol. The van der Waals surface area contributed by atoms with Crippen LogP contribution < -0.4 is 9.64 Å². The third-order valence-electron chi connectivity index (χ3n) is 5.64. The Kier molecular flexibility index (Phi) is 5.60. The third kappa shape index (κ3) is 3.56. The number of ether oxygens (including phenoxy) is 2. The van der Waals surface area contributed by atoms with E-state index in [2.05, 4.69) is 0 Å². The molecule has 0 saturated carbocycles. The number of carboxylic acids is 1. The first kappa shape index (κ1) is 20.1. The molecular weight excluding hydrogens is 364 g/mol. The fourth-order valence-corrected chi connectivity index (χ4v) is 4.07. The van der Waals surface area contributed by atoms with Crippen LogP contribution in [0.25, 0.3) is 0 Å². The van der Waals surface area contributed by atoms with Gasteiger partial charge in [0.1, 0.15) is 11.2 Å². The highest BCUT2D eigenvalue weighted by atomic mass is 16.5. The molecule has 2 heterocycles. The van der Waals surface area contributed by atoms with E-state index in [0.29, 0.717) is 24.4 Å². The molecule has 0 aliphatic carbocycles. The van der Waals surface area contributed by atoms with Crippen LogP contribution in [0.2, 0.25) is 0 Å². The molecule has 2 fully saturated rings. The van der Waals surface area contributed by atoms with Gasteiger partial charge in [-0.05, 0) is 31.0 Å². The highest BCUT2D eigenvalue weighted by Crippen LogP contribution is 2.36. The van der Waals surface area contributed by atoms with Gasteiger partial charge in [0.05, 0.1) is 25.3 Å². The number of methoxy groups -OCH3 is 2. The van der Waals surface area contributed by atoms with Gasteiger partial charge in [0, 0.05) is 33.2 Å². The third-order valence-corrected chi connectivity index (χ3v) is 5.64. The topological polar surface area (TPSA) is 96.4 Å². The maximum atomic E-state index is 13.0. The lowest BCUT2D eigenvalue weighted by molar-refractivity contribution is -0.152. The van der Waals surface area contributed by atoms with Crippen LogP contribution in [-0.4, -0.2) is 68.3 Å². The SMILES string of the molecule is COCC1(C(=O)O)CCN(C(=O)C2CC(=O)N(c3cc(C)ccc3OC)C2)C1.